The maximum absolute atomic E-state index is 10.9. The summed E-state index contributed by atoms with van der Waals surface area (Å²) in [5, 5.41) is 22.5. The van der Waals surface area contributed by atoms with Crippen LogP contribution in [-0.2, 0) is 6.54 Å². The largest absolute Gasteiger partial charge is 0.477 e. The minimum atomic E-state index is -1.26. The van der Waals surface area contributed by atoms with E-state index in [4.69, 9.17) is 5.11 Å². The second kappa shape index (κ2) is 5.90. The Morgan fingerprint density at radius 1 is 1.38 bits per heavy atom. The fraction of sp³-hybridized carbons (Fsp3) is 0.167. The van der Waals surface area contributed by atoms with Gasteiger partial charge in [-0.3, -0.25) is 10.1 Å². The number of nitro groups is 1. The first kappa shape index (κ1) is 14.3. The van der Waals surface area contributed by atoms with E-state index >= 15 is 0 Å². The predicted octanol–water partition coefficient (Wildman–Crippen LogP) is 1.40. The first-order valence-corrected chi connectivity index (χ1v) is 5.88. The maximum Gasteiger partial charge on any atom is 0.354 e. The van der Waals surface area contributed by atoms with Crippen LogP contribution in [0.2, 0.25) is 0 Å². The molecule has 2 aromatic heterocycles. The molecule has 0 saturated carbocycles. The molecule has 0 spiro atoms. The van der Waals surface area contributed by atoms with Gasteiger partial charge >= 0.3 is 11.7 Å². The molecule has 0 unspecified atom stereocenters. The lowest BCUT2D eigenvalue weighted by atomic mass is 10.3. The summed E-state index contributed by atoms with van der Waals surface area (Å²) < 4.78 is 0. The van der Waals surface area contributed by atoms with Crippen molar-refractivity contribution in [2.75, 3.05) is 5.32 Å². The third kappa shape index (κ3) is 3.47. The summed E-state index contributed by atoms with van der Waals surface area (Å²) in [7, 11) is 0. The van der Waals surface area contributed by atoms with Crippen LogP contribution in [-0.4, -0.2) is 31.0 Å². The van der Waals surface area contributed by atoms with Gasteiger partial charge in [0.25, 0.3) is 0 Å². The summed E-state index contributed by atoms with van der Waals surface area (Å²) in [5.74, 6) is -0.807. The topological polar surface area (TPSA) is 131 Å². The molecule has 0 fully saturated rings. The molecular formula is C12H11N5O4. The lowest BCUT2D eigenvalue weighted by Gasteiger charge is -2.07. The number of aromatic carboxylic acids is 1. The lowest BCUT2D eigenvalue weighted by Crippen LogP contribution is -2.09. The van der Waals surface area contributed by atoms with Crippen LogP contribution in [0.15, 0.2) is 24.4 Å². The summed E-state index contributed by atoms with van der Waals surface area (Å²) in [6, 6.07) is 3.83. The van der Waals surface area contributed by atoms with E-state index in [9.17, 15) is 14.9 Å². The Labute approximate surface area is 118 Å². The Hall–Kier alpha value is -3.10. The highest BCUT2D eigenvalue weighted by atomic mass is 16.6. The average Bonchev–Trinajstić information content (AvgIpc) is 2.44. The van der Waals surface area contributed by atoms with Crippen molar-refractivity contribution in [2.45, 2.75) is 13.5 Å². The molecule has 21 heavy (non-hydrogen) atoms. The predicted molar refractivity (Wildman–Crippen MR) is 71.9 cm³/mol. The van der Waals surface area contributed by atoms with Gasteiger partial charge in [-0.25, -0.2) is 19.7 Å². The molecule has 0 amide bonds. The Bertz CT molecular complexity index is 704. The standard InChI is InChI=1S/C12H11N5O4/c1-7-13-5-4-8(15-7)6-14-11-10(17(20)21)3-2-9(16-11)12(18)19/h2-5H,6H2,1H3,(H,14,16)(H,18,19). The van der Waals surface area contributed by atoms with Gasteiger partial charge in [-0.2, -0.15) is 0 Å². The van der Waals surface area contributed by atoms with E-state index in [1.165, 1.54) is 0 Å². The summed E-state index contributed by atoms with van der Waals surface area (Å²) in [5.41, 5.74) is 0.0343. The molecule has 2 heterocycles. The number of carboxylic acid groups (broad SMARTS) is 1. The molecule has 0 radical (unpaired) electrons. The van der Waals surface area contributed by atoms with Crippen LogP contribution in [0.1, 0.15) is 22.0 Å². The van der Waals surface area contributed by atoms with Crippen molar-refractivity contribution >= 4 is 17.5 Å². The van der Waals surface area contributed by atoms with Crippen molar-refractivity contribution in [3.05, 3.63) is 51.7 Å². The van der Waals surface area contributed by atoms with E-state index in [2.05, 4.69) is 20.3 Å². The van der Waals surface area contributed by atoms with Crippen LogP contribution in [0.25, 0.3) is 0 Å². The Morgan fingerprint density at radius 3 is 2.76 bits per heavy atom. The van der Waals surface area contributed by atoms with Crippen LogP contribution >= 0.6 is 0 Å². The molecule has 2 aromatic rings. The number of hydrogen-bond donors (Lipinski definition) is 2. The number of pyridine rings is 1. The minimum Gasteiger partial charge on any atom is -0.477 e. The Balaban J connectivity index is 2.26. The molecule has 0 aliphatic rings. The third-order valence-corrected chi connectivity index (χ3v) is 2.56. The van der Waals surface area contributed by atoms with Gasteiger partial charge in [-0.15, -0.1) is 0 Å². The van der Waals surface area contributed by atoms with Gasteiger partial charge in [0.05, 0.1) is 17.2 Å². The van der Waals surface area contributed by atoms with Gasteiger partial charge in [0, 0.05) is 12.3 Å². The quantitative estimate of drug-likeness (QED) is 0.623. The molecule has 0 aliphatic carbocycles. The number of hydrogen-bond acceptors (Lipinski definition) is 7. The van der Waals surface area contributed by atoms with E-state index in [1.54, 1.807) is 19.2 Å². The molecule has 0 aliphatic heterocycles. The first-order valence-electron chi connectivity index (χ1n) is 5.88. The van der Waals surface area contributed by atoms with E-state index in [1.807, 2.05) is 0 Å². The maximum atomic E-state index is 10.9. The zero-order valence-electron chi connectivity index (χ0n) is 11.0. The van der Waals surface area contributed by atoms with Gasteiger partial charge in [0.15, 0.2) is 5.69 Å². The molecule has 9 nitrogen and oxygen atoms in total. The zero-order valence-corrected chi connectivity index (χ0v) is 11.0. The number of carbonyl (C=O) groups is 1. The van der Waals surface area contributed by atoms with Gasteiger partial charge in [-0.05, 0) is 19.1 Å². The lowest BCUT2D eigenvalue weighted by molar-refractivity contribution is -0.384. The second-order valence-corrected chi connectivity index (χ2v) is 4.08. The molecule has 0 saturated heterocycles. The number of aromatic nitrogens is 3. The van der Waals surface area contributed by atoms with Gasteiger partial charge < -0.3 is 10.4 Å². The third-order valence-electron chi connectivity index (χ3n) is 2.56. The number of anilines is 1. The van der Waals surface area contributed by atoms with E-state index in [0.717, 1.165) is 12.1 Å². The number of rotatable bonds is 5. The van der Waals surface area contributed by atoms with Gasteiger partial charge in [0.1, 0.15) is 5.82 Å². The van der Waals surface area contributed by atoms with Crippen LogP contribution in [0.5, 0.6) is 0 Å². The average molecular weight is 289 g/mol. The number of aryl methyl sites for hydroxylation is 1. The second-order valence-electron chi connectivity index (χ2n) is 4.08. The SMILES string of the molecule is Cc1nccc(CNc2nc(C(=O)O)ccc2[N+](=O)[O-])n1. The highest BCUT2D eigenvalue weighted by molar-refractivity contribution is 5.86. The van der Waals surface area contributed by atoms with E-state index in [0.29, 0.717) is 11.5 Å². The normalized spacial score (nSPS) is 10.1. The van der Waals surface area contributed by atoms with Crippen LogP contribution in [0.3, 0.4) is 0 Å². The van der Waals surface area contributed by atoms with E-state index in [-0.39, 0.29) is 23.7 Å². The van der Waals surface area contributed by atoms with Crippen LogP contribution in [0.4, 0.5) is 11.5 Å². The number of nitrogens with zero attached hydrogens (tertiary/aromatic N) is 4. The molecule has 9 heteroatoms. The minimum absolute atomic E-state index is 0.115. The molecule has 0 aromatic carbocycles. The van der Waals surface area contributed by atoms with Gasteiger partial charge in [-0.1, -0.05) is 0 Å². The van der Waals surface area contributed by atoms with Crippen LogP contribution < -0.4 is 5.32 Å². The zero-order chi connectivity index (χ0) is 15.4. The fourth-order valence-electron chi connectivity index (χ4n) is 1.63. The molecule has 2 rings (SSSR count). The summed E-state index contributed by atoms with van der Waals surface area (Å²) in [6.45, 7) is 1.88. The molecule has 0 bridgehead atoms. The molecule has 0 atom stereocenters. The number of carboxylic acids is 1. The van der Waals surface area contributed by atoms with Crippen molar-refractivity contribution in [3.63, 3.8) is 0 Å². The monoisotopic (exact) mass is 289 g/mol. The number of nitrogens with one attached hydrogen (secondary N) is 1. The van der Waals surface area contributed by atoms with Gasteiger partial charge in [0.2, 0.25) is 5.82 Å². The molecule has 108 valence electrons. The summed E-state index contributed by atoms with van der Waals surface area (Å²) >= 11 is 0. The first-order chi connectivity index (χ1) is 9.97. The van der Waals surface area contributed by atoms with Crippen molar-refractivity contribution in [2.24, 2.45) is 0 Å². The van der Waals surface area contributed by atoms with Crippen molar-refractivity contribution in [3.8, 4) is 0 Å². The smallest absolute Gasteiger partial charge is 0.354 e. The molecule has 2 N–H and O–H groups in total. The molecular weight excluding hydrogens is 278 g/mol. The highest BCUT2D eigenvalue weighted by Crippen LogP contribution is 2.22. The van der Waals surface area contributed by atoms with Crippen molar-refractivity contribution in [1.29, 1.82) is 0 Å². The Kier molecular flexibility index (Phi) is 4.02. The summed E-state index contributed by atoms with van der Waals surface area (Å²) in [6.07, 6.45) is 1.56. The summed E-state index contributed by atoms with van der Waals surface area (Å²) in [4.78, 5) is 33.0. The van der Waals surface area contributed by atoms with Crippen LogP contribution in [0, 0.1) is 17.0 Å². The highest BCUT2D eigenvalue weighted by Gasteiger charge is 2.18. The fourth-order valence-corrected chi connectivity index (χ4v) is 1.63. The Morgan fingerprint density at radius 2 is 2.14 bits per heavy atom. The van der Waals surface area contributed by atoms with E-state index < -0.39 is 10.9 Å². The van der Waals surface area contributed by atoms with Crippen molar-refractivity contribution in [1.82, 2.24) is 15.0 Å². The van der Waals surface area contributed by atoms with Crippen molar-refractivity contribution < 1.29 is 14.8 Å².